The first-order chi connectivity index (χ1) is 11.9. The van der Waals surface area contributed by atoms with Gasteiger partial charge >= 0.3 is 0 Å². The van der Waals surface area contributed by atoms with Crippen LogP contribution in [0.4, 0.5) is 0 Å². The van der Waals surface area contributed by atoms with Gasteiger partial charge in [0.25, 0.3) is 5.91 Å². The van der Waals surface area contributed by atoms with E-state index < -0.39 is 9.84 Å². The second-order valence-electron chi connectivity index (χ2n) is 6.07. The minimum atomic E-state index is -3.28. The third-order valence-corrected chi connectivity index (χ3v) is 5.63. The van der Waals surface area contributed by atoms with Gasteiger partial charge in [0.2, 0.25) is 0 Å². The van der Waals surface area contributed by atoms with Crippen molar-refractivity contribution in [3.05, 3.63) is 64.7 Å². The largest absolute Gasteiger partial charge is 0.329 e. The van der Waals surface area contributed by atoms with Crippen molar-refractivity contribution in [3.8, 4) is 0 Å². The summed E-state index contributed by atoms with van der Waals surface area (Å²) in [6.45, 7) is 1.93. The standard InChI is InChI=1S/C18H19ClN2O3S/c1-25(23,24)16-7-5-13(6-8-16)18(22)21-10-9-20-12-17(21)14-3-2-4-15(19)11-14/h2-8,11,17,20H,9-10,12H2,1H3. The quantitative estimate of drug-likeness (QED) is 0.891. The summed E-state index contributed by atoms with van der Waals surface area (Å²) < 4.78 is 23.1. The Labute approximate surface area is 152 Å². The minimum Gasteiger partial charge on any atom is -0.329 e. The monoisotopic (exact) mass is 378 g/mol. The fourth-order valence-electron chi connectivity index (χ4n) is 2.97. The van der Waals surface area contributed by atoms with Crippen LogP contribution in [-0.4, -0.2) is 45.1 Å². The molecular formula is C18H19ClN2O3S. The summed E-state index contributed by atoms with van der Waals surface area (Å²) in [5.74, 6) is -0.119. The van der Waals surface area contributed by atoms with E-state index in [-0.39, 0.29) is 16.8 Å². The van der Waals surface area contributed by atoms with Crippen LogP contribution in [0.2, 0.25) is 5.02 Å². The van der Waals surface area contributed by atoms with Crippen molar-refractivity contribution in [2.75, 3.05) is 25.9 Å². The highest BCUT2D eigenvalue weighted by Gasteiger charge is 2.28. The SMILES string of the molecule is CS(=O)(=O)c1ccc(C(=O)N2CCNCC2c2cccc(Cl)c2)cc1. The summed E-state index contributed by atoms with van der Waals surface area (Å²) in [5, 5.41) is 3.93. The Balaban J connectivity index is 1.88. The number of rotatable bonds is 3. The van der Waals surface area contributed by atoms with Gasteiger partial charge in [0.15, 0.2) is 9.84 Å². The number of piperazine rings is 1. The Kier molecular flexibility index (Phi) is 5.13. The molecule has 1 atom stereocenters. The van der Waals surface area contributed by atoms with Crippen LogP contribution >= 0.6 is 11.6 Å². The van der Waals surface area contributed by atoms with Crippen LogP contribution in [0, 0.1) is 0 Å². The third-order valence-electron chi connectivity index (χ3n) is 4.27. The minimum absolute atomic E-state index is 0.116. The van der Waals surface area contributed by atoms with Crippen LogP contribution < -0.4 is 5.32 Å². The molecule has 1 aliphatic rings. The summed E-state index contributed by atoms with van der Waals surface area (Å²) >= 11 is 6.09. The van der Waals surface area contributed by atoms with E-state index in [0.29, 0.717) is 30.2 Å². The third kappa shape index (κ3) is 4.03. The van der Waals surface area contributed by atoms with Crippen molar-refractivity contribution in [3.63, 3.8) is 0 Å². The maximum absolute atomic E-state index is 12.9. The van der Waals surface area contributed by atoms with Gasteiger partial charge in [0, 0.05) is 36.5 Å². The molecule has 2 aromatic carbocycles. The molecule has 1 unspecified atom stereocenters. The van der Waals surface area contributed by atoms with Crippen molar-refractivity contribution in [1.29, 1.82) is 0 Å². The van der Waals surface area contributed by atoms with Gasteiger partial charge in [0.1, 0.15) is 0 Å². The molecule has 1 N–H and O–H groups in total. The number of amides is 1. The number of hydrogen-bond donors (Lipinski definition) is 1. The Morgan fingerprint density at radius 3 is 2.56 bits per heavy atom. The summed E-state index contributed by atoms with van der Waals surface area (Å²) in [6.07, 6.45) is 1.15. The highest BCUT2D eigenvalue weighted by molar-refractivity contribution is 7.90. The number of carbonyl (C=O) groups is 1. The van der Waals surface area contributed by atoms with Gasteiger partial charge in [-0.15, -0.1) is 0 Å². The predicted octanol–water partition coefficient (Wildman–Crippen LogP) is 2.53. The lowest BCUT2D eigenvalue weighted by Gasteiger charge is -2.36. The highest BCUT2D eigenvalue weighted by Crippen LogP contribution is 2.26. The molecule has 1 heterocycles. The molecule has 1 aliphatic heterocycles. The highest BCUT2D eigenvalue weighted by atomic mass is 35.5. The van der Waals surface area contributed by atoms with Crippen molar-refractivity contribution < 1.29 is 13.2 Å². The molecule has 2 aromatic rings. The maximum atomic E-state index is 12.9. The van der Waals surface area contributed by atoms with E-state index in [2.05, 4.69) is 5.32 Å². The number of sulfone groups is 1. The van der Waals surface area contributed by atoms with Crippen molar-refractivity contribution >= 4 is 27.3 Å². The molecule has 0 spiro atoms. The zero-order valence-electron chi connectivity index (χ0n) is 13.8. The fourth-order valence-corrected chi connectivity index (χ4v) is 3.80. The lowest BCUT2D eigenvalue weighted by atomic mass is 10.0. The van der Waals surface area contributed by atoms with Gasteiger partial charge in [-0.25, -0.2) is 8.42 Å². The van der Waals surface area contributed by atoms with Crippen molar-refractivity contribution in [2.24, 2.45) is 0 Å². The number of halogens is 1. The van der Waals surface area contributed by atoms with E-state index in [4.69, 9.17) is 11.6 Å². The first-order valence-electron chi connectivity index (χ1n) is 7.93. The summed E-state index contributed by atoms with van der Waals surface area (Å²) in [4.78, 5) is 15.0. The molecule has 0 radical (unpaired) electrons. The molecule has 25 heavy (non-hydrogen) atoms. The molecular weight excluding hydrogens is 360 g/mol. The Bertz CT molecular complexity index is 881. The smallest absolute Gasteiger partial charge is 0.254 e. The average molecular weight is 379 g/mol. The van der Waals surface area contributed by atoms with E-state index in [1.165, 1.54) is 12.1 Å². The summed E-state index contributed by atoms with van der Waals surface area (Å²) in [5.41, 5.74) is 1.45. The normalized spacial score (nSPS) is 18.2. The van der Waals surface area contributed by atoms with E-state index in [1.54, 1.807) is 23.1 Å². The summed E-state index contributed by atoms with van der Waals surface area (Å²) in [6, 6.07) is 13.5. The molecule has 1 amide bonds. The summed E-state index contributed by atoms with van der Waals surface area (Å²) in [7, 11) is -3.28. The van der Waals surface area contributed by atoms with Crippen LogP contribution in [-0.2, 0) is 9.84 Å². The van der Waals surface area contributed by atoms with E-state index in [1.807, 2.05) is 18.2 Å². The first kappa shape index (κ1) is 17.9. The number of hydrogen-bond acceptors (Lipinski definition) is 4. The van der Waals surface area contributed by atoms with Crippen LogP contribution in [0.25, 0.3) is 0 Å². The second-order valence-corrected chi connectivity index (χ2v) is 8.52. The van der Waals surface area contributed by atoms with Crippen LogP contribution in [0.5, 0.6) is 0 Å². The average Bonchev–Trinajstić information content (AvgIpc) is 2.60. The van der Waals surface area contributed by atoms with Crippen molar-refractivity contribution in [1.82, 2.24) is 10.2 Å². The Hall–Kier alpha value is -1.89. The van der Waals surface area contributed by atoms with Crippen LogP contribution in [0.1, 0.15) is 22.0 Å². The molecule has 5 nitrogen and oxygen atoms in total. The van der Waals surface area contributed by atoms with Crippen LogP contribution in [0.15, 0.2) is 53.4 Å². The molecule has 0 saturated carbocycles. The van der Waals surface area contributed by atoms with Crippen LogP contribution in [0.3, 0.4) is 0 Å². The van der Waals surface area contributed by atoms with Gasteiger partial charge in [-0.3, -0.25) is 4.79 Å². The number of nitrogens with one attached hydrogen (secondary N) is 1. The molecule has 1 fully saturated rings. The van der Waals surface area contributed by atoms with Gasteiger partial charge < -0.3 is 10.2 Å². The van der Waals surface area contributed by atoms with E-state index >= 15 is 0 Å². The van der Waals surface area contributed by atoms with Gasteiger partial charge in [-0.05, 0) is 42.0 Å². The molecule has 7 heteroatoms. The Morgan fingerprint density at radius 2 is 1.92 bits per heavy atom. The number of nitrogens with zero attached hydrogens (tertiary/aromatic N) is 1. The Morgan fingerprint density at radius 1 is 1.20 bits per heavy atom. The first-order valence-corrected chi connectivity index (χ1v) is 10.2. The van der Waals surface area contributed by atoms with Crippen molar-refractivity contribution in [2.45, 2.75) is 10.9 Å². The molecule has 0 aromatic heterocycles. The number of benzene rings is 2. The second kappa shape index (κ2) is 7.15. The molecule has 1 saturated heterocycles. The lowest BCUT2D eigenvalue weighted by molar-refractivity contribution is 0.0634. The molecule has 132 valence electrons. The topological polar surface area (TPSA) is 66.5 Å². The zero-order valence-corrected chi connectivity index (χ0v) is 15.3. The number of carbonyl (C=O) groups excluding carboxylic acids is 1. The fraction of sp³-hybridized carbons (Fsp3) is 0.278. The zero-order chi connectivity index (χ0) is 18.0. The van der Waals surface area contributed by atoms with E-state index in [0.717, 1.165) is 11.8 Å². The van der Waals surface area contributed by atoms with Gasteiger partial charge in [-0.2, -0.15) is 0 Å². The lowest BCUT2D eigenvalue weighted by Crippen LogP contribution is -2.48. The van der Waals surface area contributed by atoms with Gasteiger partial charge in [-0.1, -0.05) is 23.7 Å². The van der Waals surface area contributed by atoms with E-state index in [9.17, 15) is 13.2 Å². The molecule has 3 rings (SSSR count). The maximum Gasteiger partial charge on any atom is 0.254 e. The predicted molar refractivity (Wildman–Crippen MR) is 97.7 cm³/mol. The van der Waals surface area contributed by atoms with Gasteiger partial charge in [0.05, 0.1) is 10.9 Å². The molecule has 0 bridgehead atoms. The molecule has 0 aliphatic carbocycles.